The van der Waals surface area contributed by atoms with Gasteiger partial charge >= 0.3 is 0 Å². The standard InChI is InChI=1S/C18H19NO3S/c1-13-7-9-14(10-8-13)16(20)11-23-12-18(21)19-15-5-3-4-6-17(15)22-2/h3-10H,11-12H2,1-2H3,(H,19,21). The molecule has 0 aliphatic heterocycles. The van der Waals surface area contributed by atoms with E-state index in [-0.39, 0.29) is 23.2 Å². The van der Waals surface area contributed by atoms with E-state index >= 15 is 0 Å². The molecule has 2 aromatic rings. The molecular weight excluding hydrogens is 310 g/mol. The van der Waals surface area contributed by atoms with E-state index in [1.54, 1.807) is 19.2 Å². The van der Waals surface area contributed by atoms with Crippen molar-refractivity contribution < 1.29 is 14.3 Å². The Hall–Kier alpha value is -2.27. The smallest absolute Gasteiger partial charge is 0.234 e. The molecule has 1 amide bonds. The zero-order valence-corrected chi connectivity index (χ0v) is 14.0. The van der Waals surface area contributed by atoms with Gasteiger partial charge in [-0.3, -0.25) is 9.59 Å². The molecule has 0 saturated carbocycles. The van der Waals surface area contributed by atoms with E-state index in [1.165, 1.54) is 11.8 Å². The number of Topliss-reactive ketones (excluding diaryl/α,β-unsaturated/α-hetero) is 1. The molecule has 0 unspecified atom stereocenters. The number of benzene rings is 2. The first-order valence-electron chi connectivity index (χ1n) is 7.20. The number of hydrogen-bond acceptors (Lipinski definition) is 4. The molecule has 120 valence electrons. The monoisotopic (exact) mass is 329 g/mol. The largest absolute Gasteiger partial charge is 0.495 e. The molecule has 0 heterocycles. The lowest BCUT2D eigenvalue weighted by Crippen LogP contribution is -2.16. The quantitative estimate of drug-likeness (QED) is 0.789. The summed E-state index contributed by atoms with van der Waals surface area (Å²) in [6, 6.07) is 14.7. The van der Waals surface area contributed by atoms with Crippen molar-refractivity contribution in [2.75, 3.05) is 23.9 Å². The number of anilines is 1. The fraction of sp³-hybridized carbons (Fsp3) is 0.222. The average Bonchev–Trinajstić information content (AvgIpc) is 2.56. The Morgan fingerprint density at radius 3 is 2.43 bits per heavy atom. The molecule has 23 heavy (non-hydrogen) atoms. The van der Waals surface area contributed by atoms with E-state index in [9.17, 15) is 9.59 Å². The van der Waals surface area contributed by atoms with Crippen LogP contribution in [0.3, 0.4) is 0 Å². The Kier molecular flexibility index (Phi) is 6.23. The van der Waals surface area contributed by atoms with Crippen LogP contribution < -0.4 is 10.1 Å². The van der Waals surface area contributed by atoms with Crippen molar-refractivity contribution >= 4 is 29.1 Å². The first kappa shape index (κ1) is 17.1. The highest BCUT2D eigenvalue weighted by Crippen LogP contribution is 2.23. The van der Waals surface area contributed by atoms with Gasteiger partial charge in [0, 0.05) is 5.56 Å². The molecule has 5 heteroatoms. The summed E-state index contributed by atoms with van der Waals surface area (Å²) in [5.74, 6) is 0.982. The zero-order valence-electron chi connectivity index (χ0n) is 13.2. The molecule has 0 saturated heterocycles. The van der Waals surface area contributed by atoms with E-state index in [2.05, 4.69) is 5.32 Å². The molecule has 0 atom stereocenters. The summed E-state index contributed by atoms with van der Waals surface area (Å²) >= 11 is 1.30. The third kappa shape index (κ3) is 5.14. The SMILES string of the molecule is COc1ccccc1NC(=O)CSCC(=O)c1ccc(C)cc1. The molecular formula is C18H19NO3S. The summed E-state index contributed by atoms with van der Waals surface area (Å²) in [6.45, 7) is 1.98. The summed E-state index contributed by atoms with van der Waals surface area (Å²) in [7, 11) is 1.56. The zero-order chi connectivity index (χ0) is 16.7. The second kappa shape index (κ2) is 8.39. The maximum absolute atomic E-state index is 12.0. The van der Waals surface area contributed by atoms with Crippen molar-refractivity contribution in [1.82, 2.24) is 0 Å². The molecule has 0 spiro atoms. The minimum atomic E-state index is -0.156. The van der Waals surface area contributed by atoms with Crippen LogP contribution in [-0.4, -0.2) is 30.3 Å². The Labute approximate surface area is 140 Å². The van der Waals surface area contributed by atoms with E-state index in [0.29, 0.717) is 17.0 Å². The molecule has 2 aromatic carbocycles. The van der Waals surface area contributed by atoms with Crippen molar-refractivity contribution in [3.8, 4) is 5.75 Å². The topological polar surface area (TPSA) is 55.4 Å². The third-order valence-electron chi connectivity index (χ3n) is 3.22. The van der Waals surface area contributed by atoms with Crippen molar-refractivity contribution in [3.05, 3.63) is 59.7 Å². The van der Waals surface area contributed by atoms with Crippen LogP contribution >= 0.6 is 11.8 Å². The molecule has 0 aromatic heterocycles. The van der Waals surface area contributed by atoms with E-state index in [4.69, 9.17) is 4.74 Å². The number of nitrogens with one attached hydrogen (secondary N) is 1. The third-order valence-corrected chi connectivity index (χ3v) is 4.15. The normalized spacial score (nSPS) is 10.2. The van der Waals surface area contributed by atoms with Gasteiger partial charge in [0.1, 0.15) is 5.75 Å². The number of amides is 1. The summed E-state index contributed by atoms with van der Waals surface area (Å²) < 4.78 is 5.18. The van der Waals surface area contributed by atoms with Gasteiger partial charge in [0.15, 0.2) is 5.78 Å². The van der Waals surface area contributed by atoms with Crippen LogP contribution in [-0.2, 0) is 4.79 Å². The molecule has 0 radical (unpaired) electrons. The Morgan fingerprint density at radius 1 is 1.04 bits per heavy atom. The Balaban J connectivity index is 1.80. The maximum Gasteiger partial charge on any atom is 0.234 e. The number of carbonyl (C=O) groups excluding carboxylic acids is 2. The van der Waals surface area contributed by atoms with Crippen LogP contribution in [0.15, 0.2) is 48.5 Å². The minimum Gasteiger partial charge on any atom is -0.495 e. The lowest BCUT2D eigenvalue weighted by atomic mass is 10.1. The van der Waals surface area contributed by atoms with Gasteiger partial charge in [-0.15, -0.1) is 11.8 Å². The number of methoxy groups -OCH3 is 1. The lowest BCUT2D eigenvalue weighted by molar-refractivity contribution is -0.113. The summed E-state index contributed by atoms with van der Waals surface area (Å²) in [5.41, 5.74) is 2.42. The minimum absolute atomic E-state index is 0.0279. The highest BCUT2D eigenvalue weighted by atomic mass is 32.2. The van der Waals surface area contributed by atoms with Gasteiger partial charge in [-0.05, 0) is 19.1 Å². The predicted molar refractivity (Wildman–Crippen MR) is 94.5 cm³/mol. The van der Waals surface area contributed by atoms with Gasteiger partial charge in [-0.2, -0.15) is 0 Å². The number of thioether (sulfide) groups is 1. The second-order valence-electron chi connectivity index (χ2n) is 5.03. The fourth-order valence-corrected chi connectivity index (χ4v) is 2.71. The number of hydrogen-bond donors (Lipinski definition) is 1. The highest BCUT2D eigenvalue weighted by molar-refractivity contribution is 8.00. The molecule has 0 aliphatic rings. The molecule has 2 rings (SSSR count). The fourth-order valence-electron chi connectivity index (χ4n) is 1.99. The van der Waals surface area contributed by atoms with Crippen LogP contribution in [0, 0.1) is 6.92 Å². The van der Waals surface area contributed by atoms with Crippen LogP contribution in [0.2, 0.25) is 0 Å². The first-order chi connectivity index (χ1) is 11.1. The molecule has 0 aliphatic carbocycles. The predicted octanol–water partition coefficient (Wildman–Crippen LogP) is 3.56. The number of ether oxygens (including phenoxy) is 1. The van der Waals surface area contributed by atoms with Crippen molar-refractivity contribution in [2.45, 2.75) is 6.92 Å². The van der Waals surface area contributed by atoms with Crippen LogP contribution in [0.5, 0.6) is 5.75 Å². The number of ketones is 1. The van der Waals surface area contributed by atoms with Crippen LogP contribution in [0.25, 0.3) is 0 Å². The van der Waals surface area contributed by atoms with Gasteiger partial charge in [-0.1, -0.05) is 42.0 Å². The maximum atomic E-state index is 12.0. The van der Waals surface area contributed by atoms with Crippen LogP contribution in [0.4, 0.5) is 5.69 Å². The number of carbonyl (C=O) groups is 2. The van der Waals surface area contributed by atoms with Gasteiger partial charge in [0.2, 0.25) is 5.91 Å². The van der Waals surface area contributed by atoms with Crippen molar-refractivity contribution in [1.29, 1.82) is 0 Å². The van der Waals surface area contributed by atoms with Gasteiger partial charge < -0.3 is 10.1 Å². The highest BCUT2D eigenvalue weighted by Gasteiger charge is 2.10. The molecule has 1 N–H and O–H groups in total. The molecule has 0 fully saturated rings. The van der Waals surface area contributed by atoms with Crippen molar-refractivity contribution in [3.63, 3.8) is 0 Å². The van der Waals surface area contributed by atoms with E-state index in [0.717, 1.165) is 5.56 Å². The van der Waals surface area contributed by atoms with E-state index in [1.807, 2.05) is 43.3 Å². The number of para-hydroxylation sites is 2. The molecule has 4 nitrogen and oxygen atoms in total. The number of aryl methyl sites for hydroxylation is 1. The van der Waals surface area contributed by atoms with Gasteiger partial charge in [0.25, 0.3) is 0 Å². The number of rotatable bonds is 7. The van der Waals surface area contributed by atoms with Crippen molar-refractivity contribution in [2.24, 2.45) is 0 Å². The van der Waals surface area contributed by atoms with Crippen LogP contribution in [0.1, 0.15) is 15.9 Å². The average molecular weight is 329 g/mol. The molecule has 0 bridgehead atoms. The lowest BCUT2D eigenvalue weighted by Gasteiger charge is -2.09. The Morgan fingerprint density at radius 2 is 1.74 bits per heavy atom. The summed E-state index contributed by atoms with van der Waals surface area (Å²) in [6.07, 6.45) is 0. The van der Waals surface area contributed by atoms with Gasteiger partial charge in [0.05, 0.1) is 24.3 Å². The van der Waals surface area contributed by atoms with E-state index < -0.39 is 0 Å². The first-order valence-corrected chi connectivity index (χ1v) is 8.36. The summed E-state index contributed by atoms with van der Waals surface area (Å²) in [4.78, 5) is 24.0. The van der Waals surface area contributed by atoms with Gasteiger partial charge in [-0.25, -0.2) is 0 Å². The Bertz CT molecular complexity index is 683. The second-order valence-corrected chi connectivity index (χ2v) is 6.02. The summed E-state index contributed by atoms with van der Waals surface area (Å²) in [5, 5.41) is 2.79.